The largest absolute Gasteiger partial charge is 0.325 e. The lowest BCUT2D eigenvalue weighted by molar-refractivity contribution is -0.119. The number of rotatable bonds is 2. The molecule has 94 valence electrons. The molecule has 0 aliphatic carbocycles. The summed E-state index contributed by atoms with van der Waals surface area (Å²) in [6.45, 7) is 9.88. The van der Waals surface area contributed by atoms with E-state index in [1.54, 1.807) is 0 Å². The molecular formula is C14H22N2O. The molecule has 1 rings (SSSR count). The summed E-state index contributed by atoms with van der Waals surface area (Å²) in [5, 5.41) is 2.87. The summed E-state index contributed by atoms with van der Waals surface area (Å²) in [6, 6.07) is 5.45. The van der Waals surface area contributed by atoms with Gasteiger partial charge in [0.25, 0.3) is 0 Å². The van der Waals surface area contributed by atoms with Crippen molar-refractivity contribution in [1.82, 2.24) is 0 Å². The molecule has 1 amide bonds. The van der Waals surface area contributed by atoms with Gasteiger partial charge in [-0.15, -0.1) is 0 Å². The third-order valence-corrected chi connectivity index (χ3v) is 2.70. The quantitative estimate of drug-likeness (QED) is 0.826. The van der Waals surface area contributed by atoms with Crippen molar-refractivity contribution in [1.29, 1.82) is 0 Å². The molecule has 0 aliphatic heterocycles. The van der Waals surface area contributed by atoms with E-state index in [-0.39, 0.29) is 11.3 Å². The van der Waals surface area contributed by atoms with Crippen LogP contribution < -0.4 is 11.1 Å². The standard InChI is InChI=1S/C14H22N2O/c1-9-6-10(2)8-11(7-9)16-13(17)12(15)14(3,4)5/h6-8,12H,15H2,1-5H3,(H,16,17)/t12-/m0/s1. The summed E-state index contributed by atoms with van der Waals surface area (Å²) < 4.78 is 0. The van der Waals surface area contributed by atoms with Gasteiger partial charge in [0.1, 0.15) is 0 Å². The summed E-state index contributed by atoms with van der Waals surface area (Å²) in [5.74, 6) is -0.137. The van der Waals surface area contributed by atoms with E-state index in [4.69, 9.17) is 5.73 Å². The normalized spacial score (nSPS) is 13.3. The van der Waals surface area contributed by atoms with Gasteiger partial charge in [0.05, 0.1) is 6.04 Å². The van der Waals surface area contributed by atoms with Crippen molar-refractivity contribution in [2.45, 2.75) is 40.7 Å². The number of benzene rings is 1. The van der Waals surface area contributed by atoms with Crippen LogP contribution in [0.15, 0.2) is 18.2 Å². The summed E-state index contributed by atoms with van der Waals surface area (Å²) >= 11 is 0. The third-order valence-electron chi connectivity index (χ3n) is 2.70. The lowest BCUT2D eigenvalue weighted by Gasteiger charge is -2.25. The number of nitrogens with one attached hydrogen (secondary N) is 1. The van der Waals surface area contributed by atoms with Crippen LogP contribution in [0.2, 0.25) is 0 Å². The molecular weight excluding hydrogens is 212 g/mol. The number of aryl methyl sites for hydroxylation is 2. The molecule has 3 heteroatoms. The Bertz CT molecular complexity index is 398. The lowest BCUT2D eigenvalue weighted by atomic mass is 9.87. The van der Waals surface area contributed by atoms with Crippen LogP contribution in [0.5, 0.6) is 0 Å². The number of amides is 1. The molecule has 0 saturated carbocycles. The molecule has 0 radical (unpaired) electrons. The Labute approximate surface area is 103 Å². The van der Waals surface area contributed by atoms with Gasteiger partial charge in [-0.3, -0.25) is 4.79 Å². The highest BCUT2D eigenvalue weighted by Crippen LogP contribution is 2.20. The van der Waals surface area contributed by atoms with E-state index in [9.17, 15) is 4.79 Å². The van der Waals surface area contributed by atoms with Gasteiger partial charge < -0.3 is 11.1 Å². The molecule has 0 bridgehead atoms. The monoisotopic (exact) mass is 234 g/mol. The van der Waals surface area contributed by atoms with Crippen LogP contribution >= 0.6 is 0 Å². The second-order valence-corrected chi connectivity index (χ2v) is 5.71. The minimum absolute atomic E-state index is 0.137. The van der Waals surface area contributed by atoms with Crippen molar-refractivity contribution < 1.29 is 4.79 Å². The van der Waals surface area contributed by atoms with Crippen LogP contribution in [0.3, 0.4) is 0 Å². The molecule has 0 fully saturated rings. The average Bonchev–Trinajstić information content (AvgIpc) is 2.13. The Hall–Kier alpha value is -1.35. The van der Waals surface area contributed by atoms with Crippen molar-refractivity contribution in [2.75, 3.05) is 5.32 Å². The minimum Gasteiger partial charge on any atom is -0.325 e. The number of anilines is 1. The zero-order valence-electron chi connectivity index (χ0n) is 11.3. The maximum absolute atomic E-state index is 11.9. The van der Waals surface area contributed by atoms with Gasteiger partial charge in [0.15, 0.2) is 0 Å². The molecule has 0 heterocycles. The van der Waals surface area contributed by atoms with Crippen LogP contribution in [-0.4, -0.2) is 11.9 Å². The van der Waals surface area contributed by atoms with Gasteiger partial charge in [0.2, 0.25) is 5.91 Å². The van der Waals surface area contributed by atoms with Gasteiger partial charge in [-0.2, -0.15) is 0 Å². The van der Waals surface area contributed by atoms with Crippen LogP contribution in [-0.2, 0) is 4.79 Å². The molecule has 1 aromatic rings. The highest BCUT2D eigenvalue weighted by molar-refractivity contribution is 5.95. The first-order valence-electron chi connectivity index (χ1n) is 5.85. The highest BCUT2D eigenvalue weighted by atomic mass is 16.2. The van der Waals surface area contributed by atoms with Gasteiger partial charge in [-0.1, -0.05) is 26.8 Å². The number of carbonyl (C=O) groups is 1. The van der Waals surface area contributed by atoms with Crippen molar-refractivity contribution in [3.63, 3.8) is 0 Å². The van der Waals surface area contributed by atoms with E-state index >= 15 is 0 Å². The maximum Gasteiger partial charge on any atom is 0.241 e. The number of nitrogens with two attached hydrogens (primary N) is 1. The first-order chi connectivity index (χ1) is 7.70. The van der Waals surface area contributed by atoms with E-state index in [2.05, 4.69) is 11.4 Å². The van der Waals surface area contributed by atoms with Crippen LogP contribution in [0.25, 0.3) is 0 Å². The summed E-state index contributed by atoms with van der Waals surface area (Å²) in [6.07, 6.45) is 0. The van der Waals surface area contributed by atoms with Crippen molar-refractivity contribution in [3.05, 3.63) is 29.3 Å². The first kappa shape index (κ1) is 13.7. The first-order valence-corrected chi connectivity index (χ1v) is 5.85. The van der Waals surface area contributed by atoms with Crippen molar-refractivity contribution >= 4 is 11.6 Å². The number of hydrogen-bond acceptors (Lipinski definition) is 2. The second kappa shape index (κ2) is 4.88. The molecule has 0 aliphatic rings. The maximum atomic E-state index is 11.9. The van der Waals surface area contributed by atoms with E-state index in [0.717, 1.165) is 16.8 Å². The van der Waals surface area contributed by atoms with Gasteiger partial charge in [0, 0.05) is 5.69 Å². The molecule has 0 unspecified atom stereocenters. The van der Waals surface area contributed by atoms with Crippen LogP contribution in [0.4, 0.5) is 5.69 Å². The fraction of sp³-hybridized carbons (Fsp3) is 0.500. The minimum atomic E-state index is -0.511. The fourth-order valence-corrected chi connectivity index (χ4v) is 1.66. The SMILES string of the molecule is Cc1cc(C)cc(NC(=O)[C@H](N)C(C)(C)C)c1. The second-order valence-electron chi connectivity index (χ2n) is 5.71. The Morgan fingerprint density at radius 1 is 1.18 bits per heavy atom. The van der Waals surface area contributed by atoms with E-state index < -0.39 is 6.04 Å². The van der Waals surface area contributed by atoms with E-state index in [1.165, 1.54) is 0 Å². The van der Waals surface area contributed by atoms with Gasteiger partial charge in [-0.05, 0) is 42.5 Å². The summed E-state index contributed by atoms with van der Waals surface area (Å²) in [7, 11) is 0. The fourth-order valence-electron chi connectivity index (χ4n) is 1.66. The smallest absolute Gasteiger partial charge is 0.241 e. The molecule has 0 spiro atoms. The number of carbonyl (C=O) groups excluding carboxylic acids is 1. The van der Waals surface area contributed by atoms with E-state index in [1.807, 2.05) is 46.8 Å². The summed E-state index contributed by atoms with van der Waals surface area (Å²) in [4.78, 5) is 11.9. The summed E-state index contributed by atoms with van der Waals surface area (Å²) in [5.41, 5.74) is 8.74. The molecule has 1 atom stereocenters. The van der Waals surface area contributed by atoms with E-state index in [0.29, 0.717) is 0 Å². The van der Waals surface area contributed by atoms with Crippen LogP contribution in [0, 0.1) is 19.3 Å². The predicted molar refractivity (Wildman–Crippen MR) is 72.0 cm³/mol. The molecule has 17 heavy (non-hydrogen) atoms. The highest BCUT2D eigenvalue weighted by Gasteiger charge is 2.27. The topological polar surface area (TPSA) is 55.1 Å². The van der Waals surface area contributed by atoms with Crippen molar-refractivity contribution in [2.24, 2.45) is 11.1 Å². The Kier molecular flexibility index (Phi) is 3.94. The molecule has 3 nitrogen and oxygen atoms in total. The molecule has 1 aromatic carbocycles. The Balaban J connectivity index is 2.81. The molecule has 0 saturated heterocycles. The average molecular weight is 234 g/mol. The Morgan fingerprint density at radius 2 is 1.65 bits per heavy atom. The van der Waals surface area contributed by atoms with Crippen LogP contribution in [0.1, 0.15) is 31.9 Å². The lowest BCUT2D eigenvalue weighted by Crippen LogP contribution is -2.45. The zero-order chi connectivity index (χ0) is 13.2. The molecule has 0 aromatic heterocycles. The Morgan fingerprint density at radius 3 is 2.06 bits per heavy atom. The third kappa shape index (κ3) is 3.86. The van der Waals surface area contributed by atoms with Gasteiger partial charge in [-0.25, -0.2) is 0 Å². The molecule has 3 N–H and O–H groups in total. The van der Waals surface area contributed by atoms with Crippen molar-refractivity contribution in [3.8, 4) is 0 Å². The number of hydrogen-bond donors (Lipinski definition) is 2. The van der Waals surface area contributed by atoms with Gasteiger partial charge >= 0.3 is 0 Å². The zero-order valence-corrected chi connectivity index (χ0v) is 11.3. The predicted octanol–water partition coefficient (Wildman–Crippen LogP) is 2.62.